The maximum atomic E-state index is 13.7. The predicted molar refractivity (Wildman–Crippen MR) is 84.6 cm³/mol. The molecule has 2 aromatic carbocycles. The molecule has 2 rings (SSSR count). The molecule has 0 radical (unpaired) electrons. The van der Waals surface area contributed by atoms with Crippen LogP contribution in [-0.2, 0) is 6.54 Å². The minimum absolute atomic E-state index is 0.0208. The van der Waals surface area contributed by atoms with E-state index in [1.807, 2.05) is 30.3 Å². The molecule has 0 heterocycles. The van der Waals surface area contributed by atoms with E-state index in [9.17, 15) is 9.18 Å². The Balaban J connectivity index is 1.94. The van der Waals surface area contributed by atoms with E-state index in [2.05, 4.69) is 10.6 Å². The molecule has 0 spiro atoms. The topological polar surface area (TPSA) is 67.1 Å². The first-order chi connectivity index (χ1) is 10.1. The van der Waals surface area contributed by atoms with Gasteiger partial charge in [0.1, 0.15) is 10.8 Å². The number of nitrogens with two attached hydrogens (primary N) is 1. The van der Waals surface area contributed by atoms with Crippen LogP contribution < -0.4 is 16.4 Å². The number of rotatable bonds is 4. The predicted octanol–water partition coefficient (Wildman–Crippen LogP) is 2.78. The highest BCUT2D eigenvalue weighted by Crippen LogP contribution is 2.14. The van der Waals surface area contributed by atoms with Crippen LogP contribution in [-0.4, -0.2) is 11.0 Å². The van der Waals surface area contributed by atoms with Gasteiger partial charge in [0.05, 0.1) is 0 Å². The Kier molecular flexibility index (Phi) is 4.84. The lowest BCUT2D eigenvalue weighted by Crippen LogP contribution is -2.28. The lowest BCUT2D eigenvalue weighted by Gasteiger charge is -2.09. The molecule has 2 amide bonds. The van der Waals surface area contributed by atoms with Gasteiger partial charge >= 0.3 is 6.03 Å². The van der Waals surface area contributed by atoms with Gasteiger partial charge in [0, 0.05) is 17.8 Å². The number of carbonyl (C=O) groups is 1. The zero-order chi connectivity index (χ0) is 15.2. The first-order valence-corrected chi connectivity index (χ1v) is 6.65. The van der Waals surface area contributed by atoms with Gasteiger partial charge in [0.2, 0.25) is 0 Å². The minimum atomic E-state index is -0.566. The Bertz CT molecular complexity index is 661. The van der Waals surface area contributed by atoms with Crippen molar-refractivity contribution < 1.29 is 9.18 Å². The van der Waals surface area contributed by atoms with Gasteiger partial charge in [-0.25, -0.2) is 9.18 Å². The SMILES string of the molecule is NC(=S)c1ccc(NC(=O)NCc2ccccc2)cc1F. The number of benzene rings is 2. The van der Waals surface area contributed by atoms with E-state index in [1.54, 1.807) is 6.07 Å². The molecule has 0 atom stereocenters. The van der Waals surface area contributed by atoms with E-state index in [0.29, 0.717) is 12.2 Å². The minimum Gasteiger partial charge on any atom is -0.389 e. The number of amides is 2. The van der Waals surface area contributed by atoms with Crippen molar-refractivity contribution in [1.82, 2.24) is 5.32 Å². The lowest BCUT2D eigenvalue weighted by atomic mass is 10.2. The number of nitrogens with one attached hydrogen (secondary N) is 2. The highest BCUT2D eigenvalue weighted by atomic mass is 32.1. The highest BCUT2D eigenvalue weighted by Gasteiger charge is 2.08. The molecule has 0 aliphatic heterocycles. The van der Waals surface area contributed by atoms with Crippen molar-refractivity contribution in [1.29, 1.82) is 0 Å². The zero-order valence-electron chi connectivity index (χ0n) is 11.1. The molecule has 0 bridgehead atoms. The largest absolute Gasteiger partial charge is 0.389 e. The Hall–Kier alpha value is -2.47. The number of thiocarbonyl (C=S) groups is 1. The van der Waals surface area contributed by atoms with Gasteiger partial charge in [-0.1, -0.05) is 42.5 Å². The fourth-order valence-corrected chi connectivity index (χ4v) is 1.91. The van der Waals surface area contributed by atoms with Crippen LogP contribution in [0, 0.1) is 5.82 Å². The first-order valence-electron chi connectivity index (χ1n) is 6.24. The summed E-state index contributed by atoms with van der Waals surface area (Å²) in [5.41, 5.74) is 6.83. The number of anilines is 1. The Morgan fingerprint density at radius 2 is 1.90 bits per heavy atom. The summed E-state index contributed by atoms with van der Waals surface area (Å²) in [6.45, 7) is 0.389. The third-order valence-electron chi connectivity index (χ3n) is 2.79. The molecule has 0 saturated heterocycles. The quantitative estimate of drug-likeness (QED) is 0.761. The molecule has 0 fully saturated rings. The van der Waals surface area contributed by atoms with Gasteiger partial charge in [-0.15, -0.1) is 0 Å². The third kappa shape index (κ3) is 4.25. The van der Waals surface area contributed by atoms with E-state index in [-0.39, 0.29) is 10.6 Å². The van der Waals surface area contributed by atoms with E-state index in [1.165, 1.54) is 12.1 Å². The van der Waals surface area contributed by atoms with Crippen LogP contribution in [0.4, 0.5) is 14.9 Å². The summed E-state index contributed by atoms with van der Waals surface area (Å²) in [6.07, 6.45) is 0. The second kappa shape index (κ2) is 6.81. The van der Waals surface area contributed by atoms with Crippen molar-refractivity contribution in [3.63, 3.8) is 0 Å². The molecule has 4 nitrogen and oxygen atoms in total. The van der Waals surface area contributed by atoms with Crippen LogP contribution in [0.2, 0.25) is 0 Å². The molecular formula is C15H14FN3OS. The first kappa shape index (κ1) is 14.9. The molecule has 0 aliphatic rings. The lowest BCUT2D eigenvalue weighted by molar-refractivity contribution is 0.251. The van der Waals surface area contributed by atoms with Crippen molar-refractivity contribution in [2.45, 2.75) is 6.54 Å². The Morgan fingerprint density at radius 1 is 1.19 bits per heavy atom. The van der Waals surface area contributed by atoms with Crippen molar-refractivity contribution >= 4 is 28.9 Å². The van der Waals surface area contributed by atoms with Crippen LogP contribution in [0.15, 0.2) is 48.5 Å². The standard InChI is InChI=1S/C15H14FN3OS/c16-13-8-11(6-7-12(13)14(17)21)19-15(20)18-9-10-4-2-1-3-5-10/h1-8H,9H2,(H2,17,21)(H2,18,19,20). The fraction of sp³-hybridized carbons (Fsp3) is 0.0667. The molecule has 0 aromatic heterocycles. The fourth-order valence-electron chi connectivity index (χ4n) is 1.75. The second-order valence-corrected chi connectivity index (χ2v) is 4.79. The summed E-state index contributed by atoms with van der Waals surface area (Å²) in [4.78, 5) is 11.7. The average molecular weight is 303 g/mol. The van der Waals surface area contributed by atoms with Crippen LogP contribution in [0.5, 0.6) is 0 Å². The van der Waals surface area contributed by atoms with Gasteiger partial charge in [-0.3, -0.25) is 0 Å². The molecular weight excluding hydrogens is 289 g/mol. The monoisotopic (exact) mass is 303 g/mol. The van der Waals surface area contributed by atoms with E-state index in [4.69, 9.17) is 18.0 Å². The van der Waals surface area contributed by atoms with Crippen LogP contribution in [0.1, 0.15) is 11.1 Å². The summed E-state index contributed by atoms with van der Waals surface area (Å²) < 4.78 is 13.7. The summed E-state index contributed by atoms with van der Waals surface area (Å²) in [6, 6.07) is 13.2. The smallest absolute Gasteiger partial charge is 0.319 e. The number of hydrogen-bond donors (Lipinski definition) is 3. The van der Waals surface area contributed by atoms with Crippen LogP contribution in [0.25, 0.3) is 0 Å². The molecule has 21 heavy (non-hydrogen) atoms. The van der Waals surface area contributed by atoms with Gasteiger partial charge in [0.15, 0.2) is 0 Å². The normalized spacial score (nSPS) is 9.95. The van der Waals surface area contributed by atoms with Crippen LogP contribution in [0.3, 0.4) is 0 Å². The summed E-state index contributed by atoms with van der Waals surface area (Å²) >= 11 is 4.71. The Labute approximate surface area is 127 Å². The van der Waals surface area contributed by atoms with Crippen molar-refractivity contribution in [2.24, 2.45) is 5.73 Å². The highest BCUT2D eigenvalue weighted by molar-refractivity contribution is 7.80. The third-order valence-corrected chi connectivity index (χ3v) is 3.01. The average Bonchev–Trinajstić information content (AvgIpc) is 2.46. The summed E-state index contributed by atoms with van der Waals surface area (Å²) in [5, 5.41) is 5.23. The summed E-state index contributed by atoms with van der Waals surface area (Å²) in [7, 11) is 0. The van der Waals surface area contributed by atoms with Gasteiger partial charge in [-0.2, -0.15) is 0 Å². The van der Waals surface area contributed by atoms with Crippen LogP contribution >= 0.6 is 12.2 Å². The zero-order valence-corrected chi connectivity index (χ0v) is 11.9. The van der Waals surface area contributed by atoms with Gasteiger partial charge in [-0.05, 0) is 23.8 Å². The maximum Gasteiger partial charge on any atom is 0.319 e. The molecule has 6 heteroatoms. The van der Waals surface area contributed by atoms with E-state index in [0.717, 1.165) is 5.56 Å². The maximum absolute atomic E-state index is 13.7. The molecule has 4 N–H and O–H groups in total. The van der Waals surface area contributed by atoms with E-state index < -0.39 is 11.8 Å². The molecule has 0 unspecified atom stereocenters. The van der Waals surface area contributed by atoms with Crippen molar-refractivity contribution in [3.05, 3.63) is 65.5 Å². The summed E-state index contributed by atoms with van der Waals surface area (Å²) in [5.74, 6) is -0.566. The molecule has 2 aromatic rings. The second-order valence-electron chi connectivity index (χ2n) is 4.35. The van der Waals surface area contributed by atoms with E-state index >= 15 is 0 Å². The molecule has 0 aliphatic carbocycles. The van der Waals surface area contributed by atoms with Gasteiger partial charge in [0.25, 0.3) is 0 Å². The molecule has 108 valence electrons. The molecule has 0 saturated carbocycles. The number of urea groups is 1. The Morgan fingerprint density at radius 3 is 2.52 bits per heavy atom. The number of hydrogen-bond acceptors (Lipinski definition) is 2. The van der Waals surface area contributed by atoms with Gasteiger partial charge < -0.3 is 16.4 Å². The van der Waals surface area contributed by atoms with Crippen molar-refractivity contribution in [2.75, 3.05) is 5.32 Å². The van der Waals surface area contributed by atoms with Crippen molar-refractivity contribution in [3.8, 4) is 0 Å². The number of carbonyl (C=O) groups excluding carboxylic acids is 1. The number of halogens is 1.